The standard InChI is InChI=1S/C16H21N/c1-16(2,3)15-11-7-8-12-17(15)13-14-9-5-4-6-10-14/h4-12,15H,13H2,1-3H3. The predicted molar refractivity (Wildman–Crippen MR) is 73.5 cm³/mol. The Labute approximate surface area is 104 Å². The van der Waals surface area contributed by atoms with Gasteiger partial charge in [0.05, 0.1) is 6.04 Å². The summed E-state index contributed by atoms with van der Waals surface area (Å²) in [5, 5.41) is 0. The molecule has 0 aliphatic carbocycles. The normalized spacial score (nSPS) is 19.7. The average molecular weight is 227 g/mol. The molecule has 1 aromatic rings. The highest BCUT2D eigenvalue weighted by molar-refractivity contribution is 5.20. The van der Waals surface area contributed by atoms with Crippen LogP contribution in [0.2, 0.25) is 0 Å². The van der Waals surface area contributed by atoms with Gasteiger partial charge in [-0.25, -0.2) is 0 Å². The molecule has 0 amide bonds. The zero-order valence-corrected chi connectivity index (χ0v) is 10.9. The molecule has 90 valence electrons. The molecule has 1 nitrogen and oxygen atoms in total. The van der Waals surface area contributed by atoms with Crippen molar-refractivity contribution in [2.45, 2.75) is 33.4 Å². The van der Waals surface area contributed by atoms with Crippen molar-refractivity contribution in [3.05, 3.63) is 60.3 Å². The summed E-state index contributed by atoms with van der Waals surface area (Å²) in [6, 6.07) is 11.1. The van der Waals surface area contributed by atoms with Gasteiger partial charge in [0.2, 0.25) is 0 Å². The molecule has 0 spiro atoms. The highest BCUT2D eigenvalue weighted by atomic mass is 15.1. The van der Waals surface area contributed by atoms with Crippen LogP contribution in [0.15, 0.2) is 54.8 Å². The van der Waals surface area contributed by atoms with Gasteiger partial charge in [-0.1, -0.05) is 63.3 Å². The molecule has 1 heterocycles. The van der Waals surface area contributed by atoms with Crippen molar-refractivity contribution >= 4 is 0 Å². The Morgan fingerprint density at radius 2 is 1.76 bits per heavy atom. The number of hydrogen-bond donors (Lipinski definition) is 0. The Balaban J connectivity index is 2.14. The van der Waals surface area contributed by atoms with Gasteiger partial charge in [-0.05, 0) is 23.3 Å². The minimum absolute atomic E-state index is 0.260. The van der Waals surface area contributed by atoms with Crippen LogP contribution in [0.5, 0.6) is 0 Å². The van der Waals surface area contributed by atoms with Gasteiger partial charge in [-0.3, -0.25) is 0 Å². The molecular weight excluding hydrogens is 206 g/mol. The van der Waals surface area contributed by atoms with E-state index in [9.17, 15) is 0 Å². The minimum atomic E-state index is 0.260. The Morgan fingerprint density at radius 1 is 1.06 bits per heavy atom. The molecule has 17 heavy (non-hydrogen) atoms. The molecule has 1 unspecified atom stereocenters. The molecule has 1 aliphatic heterocycles. The number of benzene rings is 1. The van der Waals surface area contributed by atoms with E-state index in [0.29, 0.717) is 6.04 Å². The third kappa shape index (κ3) is 3.00. The van der Waals surface area contributed by atoms with E-state index in [-0.39, 0.29) is 5.41 Å². The van der Waals surface area contributed by atoms with Crippen LogP contribution >= 0.6 is 0 Å². The van der Waals surface area contributed by atoms with Crippen LogP contribution in [0.25, 0.3) is 0 Å². The second-order valence-corrected chi connectivity index (χ2v) is 5.70. The van der Waals surface area contributed by atoms with Gasteiger partial charge in [-0.15, -0.1) is 0 Å². The second-order valence-electron chi connectivity index (χ2n) is 5.70. The Morgan fingerprint density at radius 3 is 2.41 bits per heavy atom. The summed E-state index contributed by atoms with van der Waals surface area (Å²) in [4.78, 5) is 2.41. The van der Waals surface area contributed by atoms with Crippen molar-refractivity contribution in [1.29, 1.82) is 0 Å². The van der Waals surface area contributed by atoms with Crippen LogP contribution in [0.4, 0.5) is 0 Å². The summed E-state index contributed by atoms with van der Waals surface area (Å²) in [5.41, 5.74) is 1.62. The highest BCUT2D eigenvalue weighted by Gasteiger charge is 2.27. The topological polar surface area (TPSA) is 3.24 Å². The zero-order chi connectivity index (χ0) is 12.3. The lowest BCUT2D eigenvalue weighted by Crippen LogP contribution is -2.40. The largest absolute Gasteiger partial charge is 0.366 e. The Bertz CT molecular complexity index is 409. The lowest BCUT2D eigenvalue weighted by Gasteiger charge is -2.39. The first-order valence-electron chi connectivity index (χ1n) is 6.22. The molecule has 0 radical (unpaired) electrons. The Kier molecular flexibility index (Phi) is 3.37. The molecule has 1 aliphatic rings. The van der Waals surface area contributed by atoms with Crippen LogP contribution in [0, 0.1) is 5.41 Å². The highest BCUT2D eigenvalue weighted by Crippen LogP contribution is 2.28. The van der Waals surface area contributed by atoms with Crippen LogP contribution in [0.3, 0.4) is 0 Å². The van der Waals surface area contributed by atoms with E-state index in [2.05, 4.69) is 80.4 Å². The van der Waals surface area contributed by atoms with Crippen molar-refractivity contribution in [3.63, 3.8) is 0 Å². The van der Waals surface area contributed by atoms with E-state index >= 15 is 0 Å². The minimum Gasteiger partial charge on any atom is -0.366 e. The molecule has 0 bridgehead atoms. The molecular formula is C16H21N. The van der Waals surface area contributed by atoms with Crippen LogP contribution < -0.4 is 0 Å². The lowest BCUT2D eigenvalue weighted by atomic mass is 9.84. The van der Waals surface area contributed by atoms with Crippen molar-refractivity contribution in [1.82, 2.24) is 4.90 Å². The van der Waals surface area contributed by atoms with Crippen LogP contribution in [0.1, 0.15) is 26.3 Å². The van der Waals surface area contributed by atoms with E-state index in [4.69, 9.17) is 0 Å². The van der Waals surface area contributed by atoms with Crippen LogP contribution in [-0.4, -0.2) is 10.9 Å². The monoisotopic (exact) mass is 227 g/mol. The molecule has 0 saturated carbocycles. The van der Waals surface area contributed by atoms with Gasteiger partial charge in [-0.2, -0.15) is 0 Å². The molecule has 1 aromatic carbocycles. The fourth-order valence-corrected chi connectivity index (χ4v) is 2.26. The number of hydrogen-bond acceptors (Lipinski definition) is 1. The quantitative estimate of drug-likeness (QED) is 0.738. The van der Waals surface area contributed by atoms with Gasteiger partial charge < -0.3 is 4.90 Å². The van der Waals surface area contributed by atoms with E-state index in [1.807, 2.05) is 0 Å². The first-order valence-corrected chi connectivity index (χ1v) is 6.22. The van der Waals surface area contributed by atoms with Gasteiger partial charge in [0.25, 0.3) is 0 Å². The first kappa shape index (κ1) is 12.0. The summed E-state index contributed by atoms with van der Waals surface area (Å²) in [6.07, 6.45) is 8.76. The van der Waals surface area contributed by atoms with Crippen molar-refractivity contribution in [2.75, 3.05) is 0 Å². The van der Waals surface area contributed by atoms with Crippen molar-refractivity contribution in [3.8, 4) is 0 Å². The summed E-state index contributed by atoms with van der Waals surface area (Å²) >= 11 is 0. The zero-order valence-electron chi connectivity index (χ0n) is 10.9. The first-order chi connectivity index (χ1) is 8.07. The molecule has 2 rings (SSSR count). The summed E-state index contributed by atoms with van der Waals surface area (Å²) in [6.45, 7) is 7.85. The third-order valence-corrected chi connectivity index (χ3v) is 3.13. The summed E-state index contributed by atoms with van der Waals surface area (Å²) in [7, 11) is 0. The number of rotatable bonds is 2. The van der Waals surface area contributed by atoms with Gasteiger partial charge in [0, 0.05) is 6.54 Å². The van der Waals surface area contributed by atoms with E-state index in [1.54, 1.807) is 0 Å². The maximum atomic E-state index is 2.41. The Hall–Kier alpha value is -1.50. The van der Waals surface area contributed by atoms with E-state index in [1.165, 1.54) is 5.56 Å². The van der Waals surface area contributed by atoms with Crippen LogP contribution in [-0.2, 0) is 6.54 Å². The SMILES string of the molecule is CC(C)(C)C1C=CC=CN1Cc1ccccc1. The molecule has 0 saturated heterocycles. The van der Waals surface area contributed by atoms with E-state index in [0.717, 1.165) is 6.54 Å². The number of nitrogens with zero attached hydrogens (tertiary/aromatic N) is 1. The van der Waals surface area contributed by atoms with Crippen molar-refractivity contribution < 1.29 is 0 Å². The van der Waals surface area contributed by atoms with E-state index < -0.39 is 0 Å². The molecule has 0 aromatic heterocycles. The van der Waals surface area contributed by atoms with Crippen molar-refractivity contribution in [2.24, 2.45) is 5.41 Å². The summed E-state index contributed by atoms with van der Waals surface area (Å²) < 4.78 is 0. The smallest absolute Gasteiger partial charge is 0.0522 e. The van der Waals surface area contributed by atoms with Gasteiger partial charge in [0.1, 0.15) is 0 Å². The van der Waals surface area contributed by atoms with Gasteiger partial charge in [0.15, 0.2) is 0 Å². The fraction of sp³-hybridized carbons (Fsp3) is 0.375. The molecule has 0 N–H and O–H groups in total. The molecule has 1 atom stereocenters. The lowest BCUT2D eigenvalue weighted by molar-refractivity contribution is 0.178. The molecule has 0 fully saturated rings. The predicted octanol–water partition coefficient (Wildman–Crippen LogP) is 3.99. The fourth-order valence-electron chi connectivity index (χ4n) is 2.26. The molecule has 1 heteroatoms. The third-order valence-electron chi connectivity index (χ3n) is 3.13. The maximum Gasteiger partial charge on any atom is 0.0522 e. The van der Waals surface area contributed by atoms with Gasteiger partial charge >= 0.3 is 0 Å². The average Bonchev–Trinajstić information content (AvgIpc) is 2.30. The number of allylic oxidation sites excluding steroid dienone is 2. The summed E-state index contributed by atoms with van der Waals surface area (Å²) in [5.74, 6) is 0. The maximum absolute atomic E-state index is 2.41. The second kappa shape index (κ2) is 4.79.